The highest BCUT2D eigenvalue weighted by Crippen LogP contribution is 2.46. The Labute approximate surface area is 140 Å². The van der Waals surface area contributed by atoms with Crippen molar-refractivity contribution in [2.75, 3.05) is 11.9 Å². The highest BCUT2D eigenvalue weighted by atomic mass is 32.1. The number of benzene rings is 3. The zero-order valence-corrected chi connectivity index (χ0v) is 13.8. The van der Waals surface area contributed by atoms with Crippen LogP contribution in [0.2, 0.25) is 0 Å². The van der Waals surface area contributed by atoms with E-state index in [-0.39, 0.29) is 0 Å². The van der Waals surface area contributed by atoms with E-state index in [0.717, 1.165) is 0 Å². The average Bonchev–Trinajstić information content (AvgIpc) is 3.02. The molecule has 112 valence electrons. The van der Waals surface area contributed by atoms with E-state index in [1.807, 2.05) is 11.3 Å². The first-order valence-electron chi connectivity index (χ1n) is 7.70. The first kappa shape index (κ1) is 14.0. The Bertz CT molecular complexity index is 926. The minimum atomic E-state index is 1.20. The molecule has 0 saturated heterocycles. The van der Waals surface area contributed by atoms with Crippen molar-refractivity contribution in [1.29, 1.82) is 0 Å². The summed E-state index contributed by atoms with van der Waals surface area (Å²) < 4.78 is 1.32. The van der Waals surface area contributed by atoms with Crippen LogP contribution < -0.4 is 4.90 Å². The van der Waals surface area contributed by atoms with E-state index in [1.54, 1.807) is 0 Å². The van der Waals surface area contributed by atoms with E-state index >= 15 is 0 Å². The SMILES string of the molecule is CN(c1ccccc1)c1sc2ccccc2c1-c1ccccc1. The van der Waals surface area contributed by atoms with Crippen LogP contribution in [0.1, 0.15) is 0 Å². The van der Waals surface area contributed by atoms with Crippen LogP contribution in [0.3, 0.4) is 0 Å². The largest absolute Gasteiger partial charge is 0.336 e. The Hall–Kier alpha value is -2.58. The Morgan fingerprint density at radius 2 is 1.30 bits per heavy atom. The van der Waals surface area contributed by atoms with Crippen LogP contribution >= 0.6 is 11.3 Å². The summed E-state index contributed by atoms with van der Waals surface area (Å²) in [7, 11) is 2.15. The third kappa shape index (κ3) is 2.51. The Kier molecular flexibility index (Phi) is 3.60. The predicted molar refractivity (Wildman–Crippen MR) is 102 cm³/mol. The highest BCUT2D eigenvalue weighted by Gasteiger charge is 2.17. The normalized spacial score (nSPS) is 10.8. The molecule has 1 nitrogen and oxygen atoms in total. The molecule has 1 heterocycles. The number of fused-ring (bicyclic) bond motifs is 1. The molecule has 0 aliphatic rings. The zero-order chi connectivity index (χ0) is 15.6. The summed E-state index contributed by atoms with van der Waals surface area (Å²) in [4.78, 5) is 2.28. The molecule has 0 aliphatic carbocycles. The number of nitrogens with zero attached hydrogens (tertiary/aromatic N) is 1. The van der Waals surface area contributed by atoms with E-state index in [4.69, 9.17) is 0 Å². The van der Waals surface area contributed by atoms with Crippen molar-refractivity contribution in [2.45, 2.75) is 0 Å². The molecule has 3 aromatic carbocycles. The van der Waals surface area contributed by atoms with Crippen LogP contribution in [0.4, 0.5) is 10.7 Å². The fourth-order valence-corrected chi connectivity index (χ4v) is 4.13. The minimum Gasteiger partial charge on any atom is -0.336 e. The predicted octanol–water partition coefficient (Wildman–Crippen LogP) is 6.34. The highest BCUT2D eigenvalue weighted by molar-refractivity contribution is 7.23. The van der Waals surface area contributed by atoms with Gasteiger partial charge in [-0.25, -0.2) is 0 Å². The molecule has 23 heavy (non-hydrogen) atoms. The molecule has 0 aliphatic heterocycles. The van der Waals surface area contributed by atoms with Crippen molar-refractivity contribution in [2.24, 2.45) is 0 Å². The van der Waals surface area contributed by atoms with Gasteiger partial charge in [0.1, 0.15) is 5.00 Å². The fourth-order valence-electron chi connectivity index (χ4n) is 2.92. The standard InChI is InChI=1S/C21H17NS/c1-22(17-12-6-3-7-13-17)21-20(16-10-4-2-5-11-16)18-14-8-9-15-19(18)23-21/h2-15H,1H3. The molecule has 2 heteroatoms. The maximum absolute atomic E-state index is 2.28. The summed E-state index contributed by atoms with van der Waals surface area (Å²) in [6.45, 7) is 0. The topological polar surface area (TPSA) is 3.24 Å². The van der Waals surface area contributed by atoms with Crippen molar-refractivity contribution in [3.63, 3.8) is 0 Å². The Balaban J connectivity index is 1.96. The lowest BCUT2D eigenvalue weighted by molar-refractivity contribution is 1.24. The monoisotopic (exact) mass is 315 g/mol. The summed E-state index contributed by atoms with van der Waals surface area (Å²) in [5.41, 5.74) is 3.79. The first-order valence-corrected chi connectivity index (χ1v) is 8.52. The van der Waals surface area contributed by atoms with Gasteiger partial charge in [-0.2, -0.15) is 0 Å². The second kappa shape index (κ2) is 5.90. The maximum Gasteiger partial charge on any atom is 0.104 e. The molecule has 0 N–H and O–H groups in total. The summed E-state index contributed by atoms with van der Waals surface area (Å²) in [6.07, 6.45) is 0. The number of thiophene rings is 1. The third-order valence-corrected chi connectivity index (χ3v) is 5.33. The minimum absolute atomic E-state index is 1.20. The fraction of sp³-hybridized carbons (Fsp3) is 0.0476. The Morgan fingerprint density at radius 1 is 0.696 bits per heavy atom. The average molecular weight is 315 g/mol. The smallest absolute Gasteiger partial charge is 0.104 e. The molecule has 4 rings (SSSR count). The van der Waals surface area contributed by atoms with Crippen LogP contribution in [-0.2, 0) is 0 Å². The number of anilines is 2. The molecule has 0 radical (unpaired) electrons. The van der Waals surface area contributed by atoms with Crippen molar-refractivity contribution < 1.29 is 0 Å². The molecule has 0 atom stereocenters. The lowest BCUT2D eigenvalue weighted by atomic mass is 10.0. The van der Waals surface area contributed by atoms with E-state index in [2.05, 4.69) is 96.9 Å². The van der Waals surface area contributed by atoms with Gasteiger partial charge in [-0.3, -0.25) is 0 Å². The van der Waals surface area contributed by atoms with Crippen molar-refractivity contribution in [3.8, 4) is 11.1 Å². The quantitative estimate of drug-likeness (QED) is 0.426. The molecule has 4 aromatic rings. The molecule has 0 unspecified atom stereocenters. The van der Waals surface area contributed by atoms with E-state index in [0.29, 0.717) is 0 Å². The van der Waals surface area contributed by atoms with Gasteiger partial charge in [-0.05, 0) is 23.8 Å². The van der Waals surface area contributed by atoms with E-state index in [1.165, 1.54) is 31.9 Å². The van der Waals surface area contributed by atoms with Crippen LogP contribution in [-0.4, -0.2) is 7.05 Å². The molecule has 0 amide bonds. The second-order valence-electron chi connectivity index (χ2n) is 5.54. The van der Waals surface area contributed by atoms with Gasteiger partial charge < -0.3 is 4.90 Å². The molecule has 0 spiro atoms. The van der Waals surface area contributed by atoms with Crippen LogP contribution in [0.5, 0.6) is 0 Å². The molecule has 0 fully saturated rings. The number of rotatable bonds is 3. The van der Waals surface area contributed by atoms with Crippen LogP contribution in [0.15, 0.2) is 84.9 Å². The first-order chi connectivity index (χ1) is 11.3. The lowest BCUT2D eigenvalue weighted by Gasteiger charge is -2.19. The molecular formula is C21H17NS. The van der Waals surface area contributed by atoms with E-state index in [9.17, 15) is 0 Å². The Morgan fingerprint density at radius 3 is 2.04 bits per heavy atom. The van der Waals surface area contributed by atoms with Crippen LogP contribution in [0.25, 0.3) is 21.2 Å². The van der Waals surface area contributed by atoms with Gasteiger partial charge in [-0.1, -0.05) is 66.7 Å². The van der Waals surface area contributed by atoms with Crippen LogP contribution in [0, 0.1) is 0 Å². The van der Waals surface area contributed by atoms with Gasteiger partial charge in [0.2, 0.25) is 0 Å². The van der Waals surface area contributed by atoms with Gasteiger partial charge >= 0.3 is 0 Å². The zero-order valence-electron chi connectivity index (χ0n) is 12.9. The molecule has 0 bridgehead atoms. The number of hydrogen-bond donors (Lipinski definition) is 0. The summed E-state index contributed by atoms with van der Waals surface area (Å²) in [5, 5.41) is 2.60. The van der Waals surface area contributed by atoms with Gasteiger partial charge in [-0.15, -0.1) is 11.3 Å². The van der Waals surface area contributed by atoms with Crippen molar-refractivity contribution in [3.05, 3.63) is 84.9 Å². The second-order valence-corrected chi connectivity index (χ2v) is 6.57. The number of hydrogen-bond acceptors (Lipinski definition) is 2. The van der Waals surface area contributed by atoms with E-state index < -0.39 is 0 Å². The van der Waals surface area contributed by atoms with Gasteiger partial charge in [0.25, 0.3) is 0 Å². The van der Waals surface area contributed by atoms with Crippen molar-refractivity contribution in [1.82, 2.24) is 0 Å². The van der Waals surface area contributed by atoms with Gasteiger partial charge in [0, 0.05) is 28.4 Å². The number of para-hydroxylation sites is 1. The summed E-state index contributed by atoms with van der Waals surface area (Å²) in [5.74, 6) is 0. The maximum atomic E-state index is 2.28. The third-order valence-electron chi connectivity index (χ3n) is 4.09. The van der Waals surface area contributed by atoms with Crippen molar-refractivity contribution >= 4 is 32.1 Å². The molecular weight excluding hydrogens is 298 g/mol. The van der Waals surface area contributed by atoms with Gasteiger partial charge in [0.05, 0.1) is 0 Å². The summed E-state index contributed by atoms with van der Waals surface area (Å²) >= 11 is 1.85. The lowest BCUT2D eigenvalue weighted by Crippen LogP contribution is -2.08. The summed E-state index contributed by atoms with van der Waals surface area (Å²) in [6, 6.07) is 29.8. The molecule has 0 saturated carbocycles. The van der Waals surface area contributed by atoms with Gasteiger partial charge in [0.15, 0.2) is 0 Å². The molecule has 1 aromatic heterocycles.